The predicted octanol–water partition coefficient (Wildman–Crippen LogP) is 3.31. The van der Waals surface area contributed by atoms with Crippen LogP contribution in [0.2, 0.25) is 0 Å². The van der Waals surface area contributed by atoms with Crippen molar-refractivity contribution in [3.05, 3.63) is 42.5 Å². The molecule has 0 atom stereocenters. The summed E-state index contributed by atoms with van der Waals surface area (Å²) in [6.45, 7) is 2.86. The van der Waals surface area contributed by atoms with E-state index in [2.05, 4.69) is 10.3 Å². The highest BCUT2D eigenvalue weighted by atomic mass is 16.5. The molecular formula is C14H16N2O2. The Kier molecular flexibility index (Phi) is 4.02. The molecule has 0 amide bonds. The zero-order valence-electron chi connectivity index (χ0n) is 10.5. The molecule has 2 aromatic rings. The summed E-state index contributed by atoms with van der Waals surface area (Å²) in [5, 5.41) is 3.14. The van der Waals surface area contributed by atoms with Gasteiger partial charge < -0.3 is 14.8 Å². The Bertz CT molecular complexity index is 497. The number of anilines is 1. The minimum absolute atomic E-state index is 0.568. The zero-order chi connectivity index (χ0) is 12.8. The number of hydrogen-bond acceptors (Lipinski definition) is 4. The van der Waals surface area contributed by atoms with Crippen LogP contribution in [0.4, 0.5) is 5.82 Å². The first kappa shape index (κ1) is 12.2. The van der Waals surface area contributed by atoms with E-state index in [1.807, 2.05) is 49.4 Å². The Hall–Kier alpha value is -2.23. The van der Waals surface area contributed by atoms with E-state index in [9.17, 15) is 0 Å². The van der Waals surface area contributed by atoms with Gasteiger partial charge in [0.25, 0.3) is 0 Å². The van der Waals surface area contributed by atoms with E-state index in [0.29, 0.717) is 5.88 Å². The van der Waals surface area contributed by atoms with Crippen molar-refractivity contribution in [2.75, 3.05) is 19.0 Å². The highest BCUT2D eigenvalue weighted by Crippen LogP contribution is 2.23. The monoisotopic (exact) mass is 244 g/mol. The summed E-state index contributed by atoms with van der Waals surface area (Å²) < 4.78 is 10.7. The number of benzene rings is 1. The van der Waals surface area contributed by atoms with E-state index in [1.54, 1.807) is 7.11 Å². The largest absolute Gasteiger partial charge is 0.497 e. The van der Waals surface area contributed by atoms with Crippen LogP contribution in [0, 0.1) is 0 Å². The second-order valence-corrected chi connectivity index (χ2v) is 3.67. The predicted molar refractivity (Wildman–Crippen MR) is 71.5 cm³/mol. The number of ether oxygens (including phenoxy) is 2. The van der Waals surface area contributed by atoms with Crippen molar-refractivity contribution in [2.45, 2.75) is 6.92 Å². The maximum atomic E-state index is 5.66. The van der Waals surface area contributed by atoms with Gasteiger partial charge in [-0.25, -0.2) is 0 Å². The van der Waals surface area contributed by atoms with E-state index < -0.39 is 0 Å². The van der Waals surface area contributed by atoms with Crippen molar-refractivity contribution >= 4 is 5.82 Å². The third-order valence-electron chi connectivity index (χ3n) is 2.36. The summed E-state index contributed by atoms with van der Waals surface area (Å²) in [7, 11) is 1.64. The van der Waals surface area contributed by atoms with Gasteiger partial charge >= 0.3 is 0 Å². The smallest absolute Gasteiger partial charge is 0.221 e. The molecule has 4 nitrogen and oxygen atoms in total. The zero-order valence-corrected chi connectivity index (χ0v) is 10.5. The maximum Gasteiger partial charge on any atom is 0.221 e. The normalized spacial score (nSPS) is 9.89. The lowest BCUT2D eigenvalue weighted by Gasteiger charge is -2.07. The Balaban J connectivity index is 2.09. The first-order valence-electron chi connectivity index (χ1n) is 5.84. The van der Waals surface area contributed by atoms with Crippen LogP contribution >= 0.6 is 0 Å². The van der Waals surface area contributed by atoms with E-state index in [0.717, 1.165) is 23.9 Å². The molecular weight excluding hydrogens is 228 g/mol. The lowest BCUT2D eigenvalue weighted by Crippen LogP contribution is -1.99. The highest BCUT2D eigenvalue weighted by molar-refractivity contribution is 5.39. The van der Waals surface area contributed by atoms with Crippen molar-refractivity contribution in [3.8, 4) is 17.4 Å². The molecule has 1 heterocycles. The van der Waals surface area contributed by atoms with Gasteiger partial charge in [-0.05, 0) is 37.3 Å². The Morgan fingerprint density at radius 3 is 2.44 bits per heavy atom. The van der Waals surface area contributed by atoms with Crippen LogP contribution in [0.5, 0.6) is 17.4 Å². The van der Waals surface area contributed by atoms with Crippen LogP contribution in [-0.4, -0.2) is 18.6 Å². The molecule has 0 aliphatic carbocycles. The SMILES string of the molecule is CCNc1cccc(Oc2ccc(OC)cc2)n1. The fourth-order valence-corrected chi connectivity index (χ4v) is 1.52. The van der Waals surface area contributed by atoms with Crippen LogP contribution in [0.25, 0.3) is 0 Å². The summed E-state index contributed by atoms with van der Waals surface area (Å²) >= 11 is 0. The molecule has 0 aliphatic heterocycles. The first-order chi connectivity index (χ1) is 8.81. The number of methoxy groups -OCH3 is 1. The second-order valence-electron chi connectivity index (χ2n) is 3.67. The van der Waals surface area contributed by atoms with E-state index >= 15 is 0 Å². The molecule has 2 rings (SSSR count). The van der Waals surface area contributed by atoms with Gasteiger partial charge in [-0.2, -0.15) is 4.98 Å². The number of nitrogens with zero attached hydrogens (tertiary/aromatic N) is 1. The fraction of sp³-hybridized carbons (Fsp3) is 0.214. The van der Waals surface area contributed by atoms with Gasteiger partial charge in [-0.3, -0.25) is 0 Å². The van der Waals surface area contributed by atoms with E-state index in [-0.39, 0.29) is 0 Å². The highest BCUT2D eigenvalue weighted by Gasteiger charge is 2.00. The van der Waals surface area contributed by atoms with Gasteiger partial charge in [-0.15, -0.1) is 0 Å². The molecule has 1 aromatic heterocycles. The second kappa shape index (κ2) is 5.91. The first-order valence-corrected chi connectivity index (χ1v) is 5.84. The van der Waals surface area contributed by atoms with Gasteiger partial charge in [-0.1, -0.05) is 6.07 Å². The molecule has 0 saturated heterocycles. The van der Waals surface area contributed by atoms with Crippen molar-refractivity contribution in [2.24, 2.45) is 0 Å². The summed E-state index contributed by atoms with van der Waals surface area (Å²) in [6.07, 6.45) is 0. The number of aromatic nitrogens is 1. The summed E-state index contributed by atoms with van der Waals surface area (Å²) in [6, 6.07) is 13.0. The third-order valence-corrected chi connectivity index (χ3v) is 2.36. The molecule has 0 spiro atoms. The lowest BCUT2D eigenvalue weighted by atomic mass is 10.3. The molecule has 4 heteroatoms. The molecule has 1 N–H and O–H groups in total. The molecule has 0 unspecified atom stereocenters. The van der Waals surface area contributed by atoms with Crippen molar-refractivity contribution < 1.29 is 9.47 Å². The average Bonchev–Trinajstić information content (AvgIpc) is 2.40. The standard InChI is InChI=1S/C14H16N2O2/c1-3-15-13-5-4-6-14(16-13)18-12-9-7-11(17-2)8-10-12/h4-10H,3H2,1-2H3,(H,15,16). The molecule has 0 fully saturated rings. The number of pyridine rings is 1. The summed E-state index contributed by atoms with van der Waals surface area (Å²) in [5.74, 6) is 2.91. The van der Waals surface area contributed by atoms with Gasteiger partial charge in [0.2, 0.25) is 5.88 Å². The van der Waals surface area contributed by atoms with Crippen molar-refractivity contribution in [1.29, 1.82) is 0 Å². The average molecular weight is 244 g/mol. The Labute approximate surface area is 107 Å². The molecule has 0 saturated carbocycles. The Morgan fingerprint density at radius 2 is 1.78 bits per heavy atom. The summed E-state index contributed by atoms with van der Waals surface area (Å²) in [5.41, 5.74) is 0. The minimum Gasteiger partial charge on any atom is -0.497 e. The fourth-order valence-electron chi connectivity index (χ4n) is 1.52. The van der Waals surface area contributed by atoms with Crippen LogP contribution in [0.1, 0.15) is 6.92 Å². The molecule has 1 aromatic carbocycles. The molecule has 18 heavy (non-hydrogen) atoms. The quantitative estimate of drug-likeness (QED) is 0.876. The number of nitrogens with one attached hydrogen (secondary N) is 1. The topological polar surface area (TPSA) is 43.4 Å². The summed E-state index contributed by atoms with van der Waals surface area (Å²) in [4.78, 5) is 4.34. The van der Waals surface area contributed by atoms with Crippen molar-refractivity contribution in [1.82, 2.24) is 4.98 Å². The van der Waals surface area contributed by atoms with Crippen LogP contribution < -0.4 is 14.8 Å². The maximum absolute atomic E-state index is 5.66. The number of rotatable bonds is 5. The minimum atomic E-state index is 0.568. The van der Waals surface area contributed by atoms with Gasteiger partial charge in [0.1, 0.15) is 17.3 Å². The van der Waals surface area contributed by atoms with Crippen LogP contribution in [0.3, 0.4) is 0 Å². The third kappa shape index (κ3) is 3.13. The molecule has 0 bridgehead atoms. The van der Waals surface area contributed by atoms with Crippen LogP contribution in [0.15, 0.2) is 42.5 Å². The Morgan fingerprint density at radius 1 is 1.06 bits per heavy atom. The van der Waals surface area contributed by atoms with E-state index in [4.69, 9.17) is 9.47 Å². The number of hydrogen-bond donors (Lipinski definition) is 1. The van der Waals surface area contributed by atoms with Gasteiger partial charge in [0.15, 0.2) is 0 Å². The van der Waals surface area contributed by atoms with Gasteiger partial charge in [0, 0.05) is 12.6 Å². The molecule has 94 valence electrons. The lowest BCUT2D eigenvalue weighted by molar-refractivity contribution is 0.412. The molecule has 0 aliphatic rings. The van der Waals surface area contributed by atoms with Gasteiger partial charge in [0.05, 0.1) is 7.11 Å². The van der Waals surface area contributed by atoms with Crippen molar-refractivity contribution in [3.63, 3.8) is 0 Å². The molecule has 0 radical (unpaired) electrons. The van der Waals surface area contributed by atoms with E-state index in [1.165, 1.54) is 0 Å². The van der Waals surface area contributed by atoms with Crippen LogP contribution in [-0.2, 0) is 0 Å².